The molecule has 3 rings (SSSR count). The molecule has 1 fully saturated rings. The van der Waals surface area contributed by atoms with Crippen molar-refractivity contribution in [3.63, 3.8) is 0 Å². The van der Waals surface area contributed by atoms with Gasteiger partial charge < -0.3 is 20.1 Å². The first kappa shape index (κ1) is 17.2. The van der Waals surface area contributed by atoms with Gasteiger partial charge >= 0.3 is 0 Å². The molecule has 0 aromatic heterocycles. The molecule has 2 aromatic rings. The number of aryl methyl sites for hydroxylation is 1. The summed E-state index contributed by atoms with van der Waals surface area (Å²) in [6, 6.07) is 11.3. The summed E-state index contributed by atoms with van der Waals surface area (Å²) in [6.45, 7) is 3.77. The fourth-order valence-electron chi connectivity index (χ4n) is 2.62. The van der Waals surface area contributed by atoms with E-state index < -0.39 is 0 Å². The molecule has 25 heavy (non-hydrogen) atoms. The highest BCUT2D eigenvalue weighted by atomic mass is 19.1. The van der Waals surface area contributed by atoms with Gasteiger partial charge in [0.25, 0.3) is 5.91 Å². The summed E-state index contributed by atoms with van der Waals surface area (Å²) < 4.78 is 24.2. The summed E-state index contributed by atoms with van der Waals surface area (Å²) in [7, 11) is 0. The molecule has 0 unspecified atom stereocenters. The summed E-state index contributed by atoms with van der Waals surface area (Å²) in [5.74, 6) is 0.920. The second-order valence-electron chi connectivity index (χ2n) is 6.02. The number of hydrogen-bond acceptors (Lipinski definition) is 4. The monoisotopic (exact) mass is 344 g/mol. The lowest BCUT2D eigenvalue weighted by atomic mass is 10.1. The highest BCUT2D eigenvalue weighted by molar-refractivity contribution is 5.95. The summed E-state index contributed by atoms with van der Waals surface area (Å²) in [6.07, 6.45) is -0.0761. The fourth-order valence-corrected chi connectivity index (χ4v) is 2.62. The molecule has 0 radical (unpaired) electrons. The number of ether oxygens (including phenoxy) is 2. The number of rotatable bonds is 6. The summed E-state index contributed by atoms with van der Waals surface area (Å²) in [4.78, 5) is 14.3. The fraction of sp³-hybridized carbons (Fsp3) is 0.316. The van der Waals surface area contributed by atoms with Crippen molar-refractivity contribution < 1.29 is 18.7 Å². The van der Waals surface area contributed by atoms with E-state index in [1.807, 2.05) is 13.0 Å². The first-order valence-electron chi connectivity index (χ1n) is 8.22. The summed E-state index contributed by atoms with van der Waals surface area (Å²) >= 11 is 0. The molecule has 0 spiro atoms. The quantitative estimate of drug-likeness (QED) is 0.874. The number of likely N-dealkylation sites (tertiary alicyclic amines) is 1. The van der Waals surface area contributed by atoms with Gasteiger partial charge in [-0.3, -0.25) is 4.79 Å². The van der Waals surface area contributed by atoms with Crippen LogP contribution in [0, 0.1) is 12.7 Å². The van der Waals surface area contributed by atoms with Crippen molar-refractivity contribution >= 4 is 5.91 Å². The predicted octanol–water partition coefficient (Wildman–Crippen LogP) is 2.38. The van der Waals surface area contributed by atoms with Crippen LogP contribution in [0.25, 0.3) is 0 Å². The molecule has 5 nitrogen and oxygen atoms in total. The van der Waals surface area contributed by atoms with Crippen LogP contribution in [0.15, 0.2) is 42.5 Å². The maximum atomic E-state index is 12.9. The van der Waals surface area contributed by atoms with Gasteiger partial charge in [0, 0.05) is 12.1 Å². The molecule has 2 N–H and O–H groups in total. The first-order chi connectivity index (χ1) is 12.1. The van der Waals surface area contributed by atoms with Crippen molar-refractivity contribution in [1.29, 1.82) is 0 Å². The van der Waals surface area contributed by atoms with Crippen LogP contribution in [-0.4, -0.2) is 43.2 Å². The Bertz CT molecular complexity index is 743. The summed E-state index contributed by atoms with van der Waals surface area (Å²) in [5, 5.41) is 0. The molecule has 132 valence electrons. The number of carbonyl (C=O) groups is 1. The Hall–Kier alpha value is -2.60. The van der Waals surface area contributed by atoms with Gasteiger partial charge in [-0.1, -0.05) is 6.07 Å². The number of benzene rings is 2. The van der Waals surface area contributed by atoms with Crippen molar-refractivity contribution in [3.05, 3.63) is 59.4 Å². The van der Waals surface area contributed by atoms with Crippen molar-refractivity contribution in [1.82, 2.24) is 4.90 Å². The minimum absolute atomic E-state index is 0.0587. The van der Waals surface area contributed by atoms with Crippen LogP contribution in [0.5, 0.6) is 11.5 Å². The van der Waals surface area contributed by atoms with Crippen LogP contribution >= 0.6 is 0 Å². The molecule has 1 saturated heterocycles. The van der Waals surface area contributed by atoms with E-state index in [4.69, 9.17) is 15.2 Å². The third-order valence-corrected chi connectivity index (χ3v) is 4.06. The molecular weight excluding hydrogens is 323 g/mol. The van der Waals surface area contributed by atoms with Crippen LogP contribution in [0.4, 0.5) is 4.39 Å². The van der Waals surface area contributed by atoms with Gasteiger partial charge in [-0.15, -0.1) is 0 Å². The zero-order chi connectivity index (χ0) is 17.8. The third kappa shape index (κ3) is 4.09. The number of carbonyl (C=O) groups excluding carboxylic acids is 1. The third-order valence-electron chi connectivity index (χ3n) is 4.06. The number of nitrogens with two attached hydrogens (primary N) is 1. The number of nitrogens with zero attached hydrogens (tertiary/aromatic N) is 1. The Labute approximate surface area is 146 Å². The Morgan fingerprint density at radius 2 is 1.96 bits per heavy atom. The van der Waals surface area contributed by atoms with Crippen molar-refractivity contribution in [3.8, 4) is 11.5 Å². The molecule has 0 bridgehead atoms. The lowest BCUT2D eigenvalue weighted by molar-refractivity contribution is 0.0177. The van der Waals surface area contributed by atoms with E-state index in [0.29, 0.717) is 43.3 Å². The van der Waals surface area contributed by atoms with Crippen molar-refractivity contribution in [2.45, 2.75) is 13.0 Å². The largest absolute Gasteiger partial charge is 0.492 e. The standard InChI is InChI=1S/C19H21FN2O3/c1-13-2-3-14(10-18(13)24-9-8-21)19(23)22-11-17(12-22)25-16-6-4-15(20)5-7-16/h2-7,10,17H,8-9,11-12,21H2,1H3. The van der Waals surface area contributed by atoms with E-state index in [9.17, 15) is 9.18 Å². The highest BCUT2D eigenvalue weighted by Gasteiger charge is 2.33. The molecule has 6 heteroatoms. The minimum atomic E-state index is -0.301. The zero-order valence-electron chi connectivity index (χ0n) is 14.1. The Morgan fingerprint density at radius 1 is 1.24 bits per heavy atom. The maximum absolute atomic E-state index is 12.9. The van der Waals surface area contributed by atoms with Crippen LogP contribution in [0.1, 0.15) is 15.9 Å². The Balaban J connectivity index is 1.57. The second-order valence-corrected chi connectivity index (χ2v) is 6.02. The van der Waals surface area contributed by atoms with Gasteiger partial charge in [-0.05, 0) is 48.9 Å². The van der Waals surface area contributed by atoms with Gasteiger partial charge in [-0.2, -0.15) is 0 Å². The Morgan fingerprint density at radius 3 is 2.64 bits per heavy atom. The SMILES string of the molecule is Cc1ccc(C(=O)N2CC(Oc3ccc(F)cc3)C2)cc1OCCN. The molecule has 0 aliphatic carbocycles. The lowest BCUT2D eigenvalue weighted by Crippen LogP contribution is -2.56. The van der Waals surface area contributed by atoms with E-state index in [2.05, 4.69) is 0 Å². The molecule has 1 heterocycles. The topological polar surface area (TPSA) is 64.8 Å². The van der Waals surface area contributed by atoms with E-state index in [1.165, 1.54) is 12.1 Å². The number of halogens is 1. The van der Waals surface area contributed by atoms with E-state index in [0.717, 1.165) is 5.56 Å². The van der Waals surface area contributed by atoms with E-state index >= 15 is 0 Å². The van der Waals surface area contributed by atoms with E-state index in [-0.39, 0.29) is 17.8 Å². The Kier molecular flexibility index (Phi) is 5.19. The molecule has 0 atom stereocenters. The van der Waals surface area contributed by atoms with Gasteiger partial charge in [-0.25, -0.2) is 4.39 Å². The average Bonchev–Trinajstić information content (AvgIpc) is 2.58. The molecule has 1 aliphatic rings. The molecular formula is C19H21FN2O3. The molecule has 2 aromatic carbocycles. The molecule has 1 amide bonds. The van der Waals surface area contributed by atoms with Crippen molar-refractivity contribution in [2.75, 3.05) is 26.2 Å². The van der Waals surface area contributed by atoms with E-state index in [1.54, 1.807) is 29.2 Å². The smallest absolute Gasteiger partial charge is 0.254 e. The lowest BCUT2D eigenvalue weighted by Gasteiger charge is -2.39. The van der Waals surface area contributed by atoms with Gasteiger partial charge in [0.15, 0.2) is 0 Å². The average molecular weight is 344 g/mol. The van der Waals surface area contributed by atoms with Gasteiger partial charge in [0.05, 0.1) is 13.1 Å². The van der Waals surface area contributed by atoms with Crippen LogP contribution in [0.3, 0.4) is 0 Å². The number of hydrogen-bond donors (Lipinski definition) is 1. The highest BCUT2D eigenvalue weighted by Crippen LogP contribution is 2.24. The second kappa shape index (κ2) is 7.53. The van der Waals surface area contributed by atoms with Crippen molar-refractivity contribution in [2.24, 2.45) is 5.73 Å². The van der Waals surface area contributed by atoms with Gasteiger partial charge in [0.2, 0.25) is 0 Å². The zero-order valence-corrected chi connectivity index (χ0v) is 14.1. The molecule has 1 aliphatic heterocycles. The van der Waals surface area contributed by atoms with Crippen LogP contribution < -0.4 is 15.2 Å². The summed E-state index contributed by atoms with van der Waals surface area (Å²) in [5.41, 5.74) is 7.00. The van der Waals surface area contributed by atoms with Crippen LogP contribution in [0.2, 0.25) is 0 Å². The van der Waals surface area contributed by atoms with Gasteiger partial charge in [0.1, 0.15) is 30.0 Å². The van der Waals surface area contributed by atoms with Crippen LogP contribution in [-0.2, 0) is 0 Å². The first-order valence-corrected chi connectivity index (χ1v) is 8.22. The minimum Gasteiger partial charge on any atom is -0.492 e. The normalized spacial score (nSPS) is 14.1. The maximum Gasteiger partial charge on any atom is 0.254 e. The number of amides is 1. The molecule has 0 saturated carbocycles. The predicted molar refractivity (Wildman–Crippen MR) is 92.4 cm³/mol.